The van der Waals surface area contributed by atoms with Crippen LogP contribution in [0.3, 0.4) is 0 Å². The van der Waals surface area contributed by atoms with E-state index in [9.17, 15) is 0 Å². The van der Waals surface area contributed by atoms with Crippen molar-refractivity contribution in [2.45, 2.75) is 58.5 Å². The van der Waals surface area contributed by atoms with Crippen LogP contribution >= 0.6 is 11.3 Å². The lowest BCUT2D eigenvalue weighted by Gasteiger charge is -2.24. The third-order valence-electron chi connectivity index (χ3n) is 4.89. The van der Waals surface area contributed by atoms with E-state index in [4.69, 9.17) is 0 Å². The number of nitrogens with one attached hydrogen (secondary N) is 1. The lowest BCUT2D eigenvalue weighted by atomic mass is 9.98. The first-order chi connectivity index (χ1) is 9.66. The van der Waals surface area contributed by atoms with Crippen LogP contribution in [0.5, 0.6) is 0 Å². The fraction of sp³-hybridized carbons (Fsp3) is 0.556. The Labute approximate surface area is 126 Å². The molecule has 1 aliphatic rings. The number of rotatable bonds is 4. The molecule has 1 N–H and O–H groups in total. The summed E-state index contributed by atoms with van der Waals surface area (Å²) in [5, 5.41) is 5.28. The van der Waals surface area contributed by atoms with Crippen LogP contribution in [0, 0.1) is 12.8 Å². The Morgan fingerprint density at radius 1 is 1.15 bits per heavy atom. The van der Waals surface area contributed by atoms with Gasteiger partial charge in [0.2, 0.25) is 0 Å². The molecule has 1 aromatic heterocycles. The molecule has 20 heavy (non-hydrogen) atoms. The molecule has 1 fully saturated rings. The van der Waals surface area contributed by atoms with E-state index in [1.54, 1.807) is 0 Å². The Morgan fingerprint density at radius 2 is 1.85 bits per heavy atom. The molecule has 1 heterocycles. The van der Waals surface area contributed by atoms with E-state index in [0.717, 1.165) is 5.92 Å². The Bertz CT molecular complexity index is 580. The molecule has 1 saturated carbocycles. The highest BCUT2D eigenvalue weighted by Gasteiger charge is 2.24. The van der Waals surface area contributed by atoms with Gasteiger partial charge in [-0.25, -0.2) is 0 Å². The van der Waals surface area contributed by atoms with Crippen LogP contribution in [0.15, 0.2) is 24.3 Å². The summed E-state index contributed by atoms with van der Waals surface area (Å²) >= 11 is 1.95. The number of hydrogen-bond acceptors (Lipinski definition) is 2. The second kappa shape index (κ2) is 5.87. The van der Waals surface area contributed by atoms with Crippen LogP contribution in [-0.2, 0) is 0 Å². The SMILES string of the molecule is Cc1c(C(C)NC(C)C2CCCC2)sc2ccccc12. The van der Waals surface area contributed by atoms with Crippen LogP contribution in [-0.4, -0.2) is 6.04 Å². The van der Waals surface area contributed by atoms with E-state index in [1.807, 2.05) is 11.3 Å². The minimum atomic E-state index is 0.461. The van der Waals surface area contributed by atoms with E-state index >= 15 is 0 Å². The van der Waals surface area contributed by atoms with Crippen molar-refractivity contribution < 1.29 is 0 Å². The number of fused-ring (bicyclic) bond motifs is 1. The second-order valence-corrected chi connectivity index (χ2v) is 7.39. The molecule has 2 heteroatoms. The van der Waals surface area contributed by atoms with Crippen molar-refractivity contribution >= 4 is 21.4 Å². The van der Waals surface area contributed by atoms with Crippen molar-refractivity contribution in [2.75, 3.05) is 0 Å². The van der Waals surface area contributed by atoms with Gasteiger partial charge in [0.05, 0.1) is 0 Å². The van der Waals surface area contributed by atoms with Gasteiger partial charge < -0.3 is 5.32 Å². The molecule has 0 radical (unpaired) electrons. The lowest BCUT2D eigenvalue weighted by molar-refractivity contribution is 0.354. The average Bonchev–Trinajstić information content (AvgIpc) is 3.07. The molecular formula is C18H25NS. The smallest absolute Gasteiger partial charge is 0.0391 e. The zero-order valence-corrected chi connectivity index (χ0v) is 13.6. The van der Waals surface area contributed by atoms with Crippen molar-refractivity contribution in [3.63, 3.8) is 0 Å². The Morgan fingerprint density at radius 3 is 2.55 bits per heavy atom. The van der Waals surface area contributed by atoms with Crippen LogP contribution in [0.2, 0.25) is 0 Å². The molecule has 2 atom stereocenters. The fourth-order valence-electron chi connectivity index (χ4n) is 3.67. The summed E-state index contributed by atoms with van der Waals surface area (Å²) in [6.45, 7) is 6.96. The zero-order chi connectivity index (χ0) is 14.1. The summed E-state index contributed by atoms with van der Waals surface area (Å²) in [5.74, 6) is 0.882. The monoisotopic (exact) mass is 287 g/mol. The maximum Gasteiger partial charge on any atom is 0.0391 e. The van der Waals surface area contributed by atoms with E-state index in [2.05, 4.69) is 50.4 Å². The van der Waals surface area contributed by atoms with Gasteiger partial charge in [-0.05, 0) is 56.5 Å². The number of benzene rings is 1. The summed E-state index contributed by atoms with van der Waals surface area (Å²) in [6.07, 6.45) is 5.67. The van der Waals surface area contributed by atoms with E-state index in [-0.39, 0.29) is 0 Å². The molecule has 1 aliphatic carbocycles. The highest BCUT2D eigenvalue weighted by Crippen LogP contribution is 2.35. The standard InChI is InChI=1S/C18H25NS/c1-12-16-10-6-7-11-17(16)20-18(12)14(3)19-13(2)15-8-4-5-9-15/h6-7,10-11,13-15,19H,4-5,8-9H2,1-3H3. The molecule has 0 aliphatic heterocycles. The topological polar surface area (TPSA) is 12.0 Å². The Kier molecular flexibility index (Phi) is 4.13. The van der Waals surface area contributed by atoms with Crippen LogP contribution in [0.25, 0.3) is 10.1 Å². The highest BCUT2D eigenvalue weighted by molar-refractivity contribution is 7.19. The number of hydrogen-bond donors (Lipinski definition) is 1. The van der Waals surface area contributed by atoms with Gasteiger partial charge in [0.1, 0.15) is 0 Å². The minimum Gasteiger partial charge on any atom is -0.307 e. The number of aryl methyl sites for hydroxylation is 1. The highest BCUT2D eigenvalue weighted by atomic mass is 32.1. The molecular weight excluding hydrogens is 262 g/mol. The van der Waals surface area contributed by atoms with Crippen molar-refractivity contribution in [1.82, 2.24) is 5.32 Å². The largest absolute Gasteiger partial charge is 0.307 e. The molecule has 2 aromatic rings. The van der Waals surface area contributed by atoms with Gasteiger partial charge in [-0.3, -0.25) is 0 Å². The van der Waals surface area contributed by atoms with Gasteiger partial charge in [-0.15, -0.1) is 11.3 Å². The zero-order valence-electron chi connectivity index (χ0n) is 12.8. The minimum absolute atomic E-state index is 0.461. The third kappa shape index (κ3) is 2.64. The third-order valence-corrected chi connectivity index (χ3v) is 6.35. The van der Waals surface area contributed by atoms with Crippen molar-refractivity contribution in [3.05, 3.63) is 34.7 Å². The van der Waals surface area contributed by atoms with Crippen LogP contribution < -0.4 is 5.32 Å². The van der Waals surface area contributed by atoms with Crippen LogP contribution in [0.1, 0.15) is 56.0 Å². The van der Waals surface area contributed by atoms with Gasteiger partial charge >= 0.3 is 0 Å². The van der Waals surface area contributed by atoms with Crippen LogP contribution in [0.4, 0.5) is 0 Å². The Balaban J connectivity index is 1.78. The maximum absolute atomic E-state index is 3.85. The van der Waals surface area contributed by atoms with Crippen molar-refractivity contribution in [3.8, 4) is 0 Å². The Hall–Kier alpha value is -0.860. The summed E-state index contributed by atoms with van der Waals surface area (Å²) in [7, 11) is 0. The molecule has 0 saturated heterocycles. The van der Waals surface area contributed by atoms with E-state index < -0.39 is 0 Å². The number of thiophene rings is 1. The quantitative estimate of drug-likeness (QED) is 0.789. The van der Waals surface area contributed by atoms with Gasteiger partial charge in [-0.1, -0.05) is 31.0 Å². The van der Waals surface area contributed by atoms with Crippen molar-refractivity contribution in [1.29, 1.82) is 0 Å². The fourth-order valence-corrected chi connectivity index (χ4v) is 4.89. The predicted molar refractivity (Wildman–Crippen MR) is 89.5 cm³/mol. The van der Waals surface area contributed by atoms with Gasteiger partial charge in [-0.2, -0.15) is 0 Å². The molecule has 2 unspecified atom stereocenters. The van der Waals surface area contributed by atoms with Gasteiger partial charge in [0.15, 0.2) is 0 Å². The van der Waals surface area contributed by atoms with Gasteiger partial charge in [0, 0.05) is 21.7 Å². The summed E-state index contributed by atoms with van der Waals surface area (Å²) in [4.78, 5) is 1.51. The average molecular weight is 287 g/mol. The molecule has 108 valence electrons. The first-order valence-electron chi connectivity index (χ1n) is 7.91. The second-order valence-electron chi connectivity index (χ2n) is 6.31. The molecule has 0 amide bonds. The maximum atomic E-state index is 3.85. The van der Waals surface area contributed by atoms with E-state index in [0.29, 0.717) is 12.1 Å². The predicted octanol–water partition coefficient (Wildman–Crippen LogP) is 5.44. The van der Waals surface area contributed by atoms with E-state index in [1.165, 1.54) is 46.2 Å². The lowest BCUT2D eigenvalue weighted by Crippen LogP contribution is -2.34. The first kappa shape index (κ1) is 14.1. The molecule has 0 spiro atoms. The molecule has 3 rings (SSSR count). The first-order valence-corrected chi connectivity index (χ1v) is 8.72. The normalized spacial score (nSPS) is 19.6. The molecule has 1 aromatic carbocycles. The molecule has 0 bridgehead atoms. The van der Waals surface area contributed by atoms with Gasteiger partial charge in [0.25, 0.3) is 0 Å². The summed E-state index contributed by atoms with van der Waals surface area (Å²) in [5.41, 5.74) is 1.46. The molecule has 1 nitrogen and oxygen atoms in total. The van der Waals surface area contributed by atoms with Crippen molar-refractivity contribution in [2.24, 2.45) is 5.92 Å². The summed E-state index contributed by atoms with van der Waals surface area (Å²) < 4.78 is 1.42. The summed E-state index contributed by atoms with van der Waals surface area (Å²) in [6, 6.07) is 9.87.